The topological polar surface area (TPSA) is 48.1 Å². The predicted octanol–water partition coefficient (Wildman–Crippen LogP) is 2.37. The molecule has 0 bridgehead atoms. The third-order valence-corrected chi connectivity index (χ3v) is 3.70. The maximum absolute atomic E-state index is 3.53. The lowest BCUT2D eigenvalue weighted by Crippen LogP contribution is -2.28. The first kappa shape index (κ1) is 22.9. The van der Waals surface area contributed by atoms with Crippen LogP contribution in [0.25, 0.3) is 0 Å². The van der Waals surface area contributed by atoms with Gasteiger partial charge in [0.15, 0.2) is 0 Å². The Labute approximate surface area is 149 Å². The van der Waals surface area contributed by atoms with Gasteiger partial charge in [-0.2, -0.15) is 0 Å². The monoisotopic (exact) mass is 334 g/mol. The summed E-state index contributed by atoms with van der Waals surface area (Å²) >= 11 is 0. The number of unbranched alkanes of at least 4 members (excludes halogenated alkanes) is 5. The van der Waals surface area contributed by atoms with E-state index in [4.69, 9.17) is 0 Å². The standard InChI is InChI=1S/C20H38N4/c1-3-5-13-21-17-19-23-15-11-9-7-8-10-12-16-24-20-18-22-14-6-4-2/h5-6,21-24H,1-2,7-20H2. The molecule has 4 N–H and O–H groups in total. The molecule has 0 aliphatic rings. The zero-order valence-electron chi connectivity index (χ0n) is 15.5. The summed E-state index contributed by atoms with van der Waals surface area (Å²) in [6.45, 7) is 15.1. The fourth-order valence-electron chi connectivity index (χ4n) is 2.30. The molecule has 4 nitrogen and oxygen atoms in total. The van der Waals surface area contributed by atoms with Gasteiger partial charge in [0.25, 0.3) is 0 Å². The molecule has 0 saturated carbocycles. The lowest BCUT2D eigenvalue weighted by Gasteiger charge is -2.06. The summed E-state index contributed by atoms with van der Waals surface area (Å²) < 4.78 is 0. The van der Waals surface area contributed by atoms with E-state index < -0.39 is 0 Å². The largest absolute Gasteiger partial charge is 0.315 e. The molecule has 0 atom stereocenters. The van der Waals surface area contributed by atoms with Crippen LogP contribution in [0.4, 0.5) is 0 Å². The molecule has 0 aromatic heterocycles. The molecule has 0 fully saturated rings. The zero-order valence-corrected chi connectivity index (χ0v) is 15.5. The molecule has 0 amide bonds. The van der Waals surface area contributed by atoms with E-state index in [1.807, 2.05) is 12.2 Å². The van der Waals surface area contributed by atoms with Gasteiger partial charge in [-0.1, -0.05) is 38.8 Å². The number of nitrogens with one attached hydrogen (secondary N) is 4. The summed E-state index contributed by atoms with van der Waals surface area (Å²) in [5.74, 6) is 0. The van der Waals surface area contributed by atoms with Gasteiger partial charge >= 0.3 is 0 Å². The maximum atomic E-state index is 3.53. The van der Waals surface area contributed by atoms with Gasteiger partial charge in [0, 0.05) is 39.3 Å². The first-order valence-corrected chi connectivity index (χ1v) is 9.43. The van der Waals surface area contributed by atoms with Gasteiger partial charge in [0.1, 0.15) is 0 Å². The number of hydrogen-bond donors (Lipinski definition) is 4. The molecule has 0 aliphatic heterocycles. The lowest BCUT2D eigenvalue weighted by molar-refractivity contribution is 0.543. The van der Waals surface area contributed by atoms with Crippen molar-refractivity contribution in [3.8, 4) is 0 Å². The minimum absolute atomic E-state index is 0.864. The molecule has 0 rings (SSSR count). The normalized spacial score (nSPS) is 10.2. The van der Waals surface area contributed by atoms with Gasteiger partial charge in [-0.25, -0.2) is 0 Å². The Bertz CT molecular complexity index is 308. The number of rotatable bonds is 19. The summed E-state index contributed by atoms with van der Waals surface area (Å²) in [4.78, 5) is 0. The van der Waals surface area contributed by atoms with Crippen molar-refractivity contribution in [3.05, 3.63) is 36.8 Å². The van der Waals surface area contributed by atoms with Crippen molar-refractivity contribution in [2.24, 2.45) is 0 Å². The third kappa shape index (κ3) is 20.9. The average molecular weight is 335 g/mol. The summed E-state index contributed by atoms with van der Waals surface area (Å²) in [6.07, 6.45) is 11.8. The maximum Gasteiger partial charge on any atom is 0.0210 e. The molecule has 24 heavy (non-hydrogen) atoms. The van der Waals surface area contributed by atoms with Gasteiger partial charge in [-0.05, 0) is 38.1 Å². The quantitative estimate of drug-likeness (QED) is 0.216. The highest BCUT2D eigenvalue weighted by atomic mass is 14.9. The van der Waals surface area contributed by atoms with Crippen molar-refractivity contribution in [2.45, 2.75) is 38.5 Å². The van der Waals surface area contributed by atoms with E-state index in [0.29, 0.717) is 0 Å². The van der Waals surface area contributed by atoms with Crippen LogP contribution >= 0.6 is 0 Å². The molecule has 0 heterocycles. The van der Waals surface area contributed by atoms with Crippen molar-refractivity contribution in [1.82, 2.24) is 21.3 Å². The molecular weight excluding hydrogens is 296 g/mol. The lowest BCUT2D eigenvalue weighted by atomic mass is 10.1. The van der Waals surface area contributed by atoms with E-state index in [0.717, 1.165) is 52.4 Å². The van der Waals surface area contributed by atoms with Crippen molar-refractivity contribution in [1.29, 1.82) is 0 Å². The Balaban J connectivity index is 3.00. The number of hydrogen-bond acceptors (Lipinski definition) is 4. The van der Waals surface area contributed by atoms with Crippen LogP contribution in [-0.2, 0) is 0 Å². The van der Waals surface area contributed by atoms with Crippen molar-refractivity contribution >= 4 is 0 Å². The second-order valence-electron chi connectivity index (χ2n) is 5.85. The summed E-state index contributed by atoms with van der Waals surface area (Å²) in [5.41, 5.74) is 5.51. The molecule has 0 radical (unpaired) electrons. The highest BCUT2D eigenvalue weighted by Crippen LogP contribution is 2.04. The zero-order chi connectivity index (χ0) is 17.6. The second kappa shape index (κ2) is 21.9. The van der Waals surface area contributed by atoms with Gasteiger partial charge in [0.05, 0.1) is 0 Å². The molecule has 0 aromatic carbocycles. The Morgan fingerprint density at radius 1 is 0.500 bits per heavy atom. The second-order valence-corrected chi connectivity index (χ2v) is 5.85. The predicted molar refractivity (Wildman–Crippen MR) is 107 cm³/mol. The van der Waals surface area contributed by atoms with Gasteiger partial charge < -0.3 is 21.3 Å². The molecule has 0 spiro atoms. The van der Waals surface area contributed by atoms with E-state index in [9.17, 15) is 0 Å². The van der Waals surface area contributed by atoms with E-state index in [-0.39, 0.29) is 0 Å². The van der Waals surface area contributed by atoms with E-state index in [1.165, 1.54) is 38.5 Å². The molecule has 4 heteroatoms. The van der Waals surface area contributed by atoms with E-state index in [2.05, 4.69) is 45.9 Å². The van der Waals surface area contributed by atoms with Crippen molar-refractivity contribution in [2.75, 3.05) is 52.4 Å². The van der Waals surface area contributed by atoms with E-state index >= 15 is 0 Å². The smallest absolute Gasteiger partial charge is 0.0210 e. The summed E-state index contributed by atoms with van der Waals surface area (Å²) in [7, 11) is 0. The first-order valence-electron chi connectivity index (χ1n) is 9.43. The van der Waals surface area contributed by atoms with Crippen molar-refractivity contribution in [3.63, 3.8) is 0 Å². The summed E-state index contributed by atoms with van der Waals surface area (Å²) in [6, 6.07) is 0. The Hall–Kier alpha value is -1.12. The fraction of sp³-hybridized carbons (Fsp3) is 0.700. The Morgan fingerprint density at radius 2 is 0.875 bits per heavy atom. The van der Waals surface area contributed by atoms with Gasteiger partial charge in [-0.3, -0.25) is 0 Å². The minimum Gasteiger partial charge on any atom is -0.315 e. The molecule has 138 valence electrons. The van der Waals surface area contributed by atoms with Crippen LogP contribution < -0.4 is 21.3 Å². The Morgan fingerprint density at radius 3 is 1.29 bits per heavy atom. The van der Waals surface area contributed by atoms with Crippen LogP contribution in [0.1, 0.15) is 38.5 Å². The molecule has 0 saturated heterocycles. The van der Waals surface area contributed by atoms with E-state index in [1.54, 1.807) is 0 Å². The van der Waals surface area contributed by atoms with Gasteiger partial charge in [-0.15, -0.1) is 11.5 Å². The van der Waals surface area contributed by atoms with Crippen LogP contribution in [0.15, 0.2) is 36.8 Å². The molecular formula is C20H38N4. The van der Waals surface area contributed by atoms with Crippen LogP contribution in [0.5, 0.6) is 0 Å². The van der Waals surface area contributed by atoms with Gasteiger partial charge in [0.2, 0.25) is 0 Å². The molecule has 0 aromatic rings. The molecule has 0 aliphatic carbocycles. The third-order valence-electron chi connectivity index (χ3n) is 3.70. The van der Waals surface area contributed by atoms with Crippen LogP contribution in [0.3, 0.4) is 0 Å². The Kier molecular flexibility index (Phi) is 20.9. The van der Waals surface area contributed by atoms with Crippen LogP contribution in [0, 0.1) is 0 Å². The van der Waals surface area contributed by atoms with Crippen molar-refractivity contribution < 1.29 is 0 Å². The SMILES string of the molecule is C=C=CCNCCNCCCCCCCCNCCNCC=C=C. The van der Waals surface area contributed by atoms with Crippen LogP contribution in [-0.4, -0.2) is 52.4 Å². The molecule has 0 unspecified atom stereocenters. The van der Waals surface area contributed by atoms with Crippen LogP contribution in [0.2, 0.25) is 0 Å². The fourth-order valence-corrected chi connectivity index (χ4v) is 2.30. The minimum atomic E-state index is 0.864. The average Bonchev–Trinajstić information content (AvgIpc) is 2.60. The summed E-state index contributed by atoms with van der Waals surface area (Å²) in [5, 5.41) is 13.5. The first-order chi connectivity index (χ1) is 11.9. The highest BCUT2D eigenvalue weighted by molar-refractivity contribution is 4.78. The highest BCUT2D eigenvalue weighted by Gasteiger charge is 1.93.